The molecule has 1 unspecified atom stereocenters. The molecule has 4 nitrogen and oxygen atoms in total. The smallest absolute Gasteiger partial charge is 0.417 e. The molecule has 5 rings (SSSR count). The van der Waals surface area contributed by atoms with Gasteiger partial charge in [-0.2, -0.15) is 13.2 Å². The third kappa shape index (κ3) is 3.89. The number of hydrogen-bond acceptors (Lipinski definition) is 2. The largest absolute Gasteiger partial charge is 0.488 e. The first kappa shape index (κ1) is 23.2. The van der Waals surface area contributed by atoms with Crippen LogP contribution in [0, 0.1) is 11.6 Å². The van der Waals surface area contributed by atoms with Crippen LogP contribution in [-0.4, -0.2) is 29.7 Å². The normalized spacial score (nSPS) is 13.3. The minimum Gasteiger partial charge on any atom is -0.488 e. The van der Waals surface area contributed by atoms with Gasteiger partial charge in [0.05, 0.1) is 16.6 Å². The lowest BCUT2D eigenvalue weighted by Crippen LogP contribution is -2.32. The first-order valence-corrected chi connectivity index (χ1v) is 11.0. The van der Waals surface area contributed by atoms with Crippen molar-refractivity contribution in [1.29, 1.82) is 0 Å². The van der Waals surface area contributed by atoms with E-state index in [-0.39, 0.29) is 51.0 Å². The highest BCUT2D eigenvalue weighted by Crippen LogP contribution is 2.49. The number of rotatable bonds is 6. The fourth-order valence-corrected chi connectivity index (χ4v) is 4.71. The Morgan fingerprint density at radius 3 is 1.91 bits per heavy atom. The molecule has 5 aromatic rings. The van der Waals surface area contributed by atoms with E-state index in [2.05, 4.69) is 21.9 Å². The second-order valence-electron chi connectivity index (χ2n) is 8.79. The number of nitrogens with one attached hydrogen (secondary N) is 3. The van der Waals surface area contributed by atoms with Crippen LogP contribution in [0.1, 0.15) is 18.9 Å². The van der Waals surface area contributed by atoms with Crippen LogP contribution in [0.4, 0.5) is 22.0 Å². The van der Waals surface area contributed by atoms with E-state index in [1.807, 2.05) is 6.92 Å². The highest BCUT2D eigenvalue weighted by Gasteiger charge is 2.39. The number of H-pyrrole nitrogens is 2. The number of fused-ring (bicyclic) bond motifs is 6. The molecule has 0 aliphatic rings. The van der Waals surface area contributed by atoms with Gasteiger partial charge in [-0.15, -0.1) is 6.58 Å². The number of likely N-dealkylation sites (N-methyl/N-ethyl adjacent to an activating group) is 1. The molecule has 35 heavy (non-hydrogen) atoms. The van der Waals surface area contributed by atoms with E-state index in [4.69, 9.17) is 4.74 Å². The first-order valence-electron chi connectivity index (χ1n) is 11.0. The molecule has 182 valence electrons. The molecule has 0 aliphatic heterocycles. The van der Waals surface area contributed by atoms with Gasteiger partial charge in [0.25, 0.3) is 0 Å². The van der Waals surface area contributed by atoms with E-state index in [1.165, 1.54) is 24.3 Å². The van der Waals surface area contributed by atoms with Crippen LogP contribution < -0.4 is 10.1 Å². The van der Waals surface area contributed by atoms with E-state index in [1.54, 1.807) is 7.05 Å². The molecular formula is C26H22F5N3O. The Morgan fingerprint density at radius 2 is 1.49 bits per heavy atom. The lowest BCUT2D eigenvalue weighted by molar-refractivity contribution is -0.134. The Morgan fingerprint density at radius 1 is 0.971 bits per heavy atom. The maximum Gasteiger partial charge on any atom is 0.417 e. The van der Waals surface area contributed by atoms with Crippen molar-refractivity contribution >= 4 is 43.6 Å². The Kier molecular flexibility index (Phi) is 5.47. The quantitative estimate of drug-likeness (QED) is 0.175. The Balaban J connectivity index is 1.91. The fourth-order valence-electron chi connectivity index (χ4n) is 4.71. The van der Waals surface area contributed by atoms with E-state index < -0.39 is 23.4 Å². The van der Waals surface area contributed by atoms with Gasteiger partial charge in [-0.05, 0) is 56.8 Å². The molecule has 0 fully saturated rings. The summed E-state index contributed by atoms with van der Waals surface area (Å²) in [5.41, 5.74) is 0.762. The zero-order valence-electron chi connectivity index (χ0n) is 19.0. The third-order valence-electron chi connectivity index (χ3n) is 6.19. The van der Waals surface area contributed by atoms with Crippen LogP contribution in [0.25, 0.3) is 43.6 Å². The standard InChI is InChI=1S/C26H22F5N3O/c1-12(2)8-15(32-3)11-35-25-23-20(16-9-13(27)4-6-18(16)33-23)22(26(29,30)31)21-17-10-14(28)5-7-19(17)34-24(21)25/h4-7,9-10,15,32-34H,1,8,11H2,2-3H3. The average molecular weight is 487 g/mol. The Hall–Kier alpha value is -3.59. The van der Waals surface area contributed by atoms with Crippen molar-refractivity contribution in [3.63, 3.8) is 0 Å². The van der Waals surface area contributed by atoms with Gasteiger partial charge < -0.3 is 20.0 Å². The van der Waals surface area contributed by atoms with Gasteiger partial charge in [-0.25, -0.2) is 8.78 Å². The van der Waals surface area contributed by atoms with Crippen molar-refractivity contribution in [2.24, 2.45) is 0 Å². The highest BCUT2D eigenvalue weighted by molar-refractivity contribution is 6.23. The molecule has 0 radical (unpaired) electrons. The molecular weight excluding hydrogens is 465 g/mol. The molecule has 0 spiro atoms. The Bertz CT molecular complexity index is 1520. The second kappa shape index (κ2) is 8.27. The third-order valence-corrected chi connectivity index (χ3v) is 6.19. The molecule has 2 aromatic heterocycles. The number of benzene rings is 3. The number of aromatic amines is 2. The topological polar surface area (TPSA) is 52.8 Å². The molecule has 3 N–H and O–H groups in total. The summed E-state index contributed by atoms with van der Waals surface area (Å²) in [7, 11) is 1.76. The summed E-state index contributed by atoms with van der Waals surface area (Å²) in [6.07, 6.45) is -4.22. The van der Waals surface area contributed by atoms with E-state index >= 15 is 0 Å². The van der Waals surface area contributed by atoms with Gasteiger partial charge in [0.15, 0.2) is 5.75 Å². The lowest BCUT2D eigenvalue weighted by atomic mass is 9.98. The van der Waals surface area contributed by atoms with Crippen LogP contribution in [0.15, 0.2) is 48.6 Å². The monoisotopic (exact) mass is 487 g/mol. The second-order valence-corrected chi connectivity index (χ2v) is 8.79. The number of hydrogen-bond donors (Lipinski definition) is 3. The van der Waals surface area contributed by atoms with Crippen LogP contribution in [0.2, 0.25) is 0 Å². The number of halogens is 5. The molecule has 3 aromatic carbocycles. The van der Waals surface area contributed by atoms with Crippen molar-refractivity contribution < 1.29 is 26.7 Å². The van der Waals surface area contributed by atoms with Gasteiger partial charge in [0.1, 0.15) is 18.2 Å². The van der Waals surface area contributed by atoms with Crippen LogP contribution >= 0.6 is 0 Å². The molecule has 0 saturated carbocycles. The summed E-state index contributed by atoms with van der Waals surface area (Å²) >= 11 is 0. The summed E-state index contributed by atoms with van der Waals surface area (Å²) in [5.74, 6) is -1.19. The molecule has 1 atom stereocenters. The number of ether oxygens (including phenoxy) is 1. The van der Waals surface area contributed by atoms with Crippen molar-refractivity contribution in [2.45, 2.75) is 25.6 Å². The minimum absolute atomic E-state index is 0.0666. The van der Waals surface area contributed by atoms with E-state index in [0.29, 0.717) is 17.5 Å². The molecule has 0 bridgehead atoms. The zero-order chi connectivity index (χ0) is 25.1. The summed E-state index contributed by atoms with van der Waals surface area (Å²) in [6.45, 7) is 5.91. The summed E-state index contributed by atoms with van der Waals surface area (Å²) in [6, 6.07) is 7.09. The van der Waals surface area contributed by atoms with Gasteiger partial charge in [0.2, 0.25) is 0 Å². The lowest BCUT2D eigenvalue weighted by Gasteiger charge is -2.19. The summed E-state index contributed by atoms with van der Waals surface area (Å²) < 4.78 is 78.3. The Labute approximate surface area is 196 Å². The maximum atomic E-state index is 14.6. The predicted molar refractivity (Wildman–Crippen MR) is 128 cm³/mol. The van der Waals surface area contributed by atoms with Gasteiger partial charge in [-0.1, -0.05) is 5.57 Å². The molecule has 2 heterocycles. The van der Waals surface area contributed by atoms with Gasteiger partial charge >= 0.3 is 6.18 Å². The van der Waals surface area contributed by atoms with Gasteiger partial charge in [-0.3, -0.25) is 0 Å². The van der Waals surface area contributed by atoms with Crippen molar-refractivity contribution in [1.82, 2.24) is 15.3 Å². The minimum atomic E-state index is -4.81. The molecule has 9 heteroatoms. The van der Waals surface area contributed by atoms with Crippen LogP contribution in [0.3, 0.4) is 0 Å². The molecule has 0 amide bonds. The number of aromatic nitrogens is 2. The molecule has 0 aliphatic carbocycles. The van der Waals surface area contributed by atoms with Crippen molar-refractivity contribution in [2.75, 3.05) is 13.7 Å². The predicted octanol–water partition coefficient (Wildman–Crippen LogP) is 7.19. The maximum absolute atomic E-state index is 14.6. The zero-order valence-corrected chi connectivity index (χ0v) is 19.0. The molecule has 0 saturated heterocycles. The number of alkyl halides is 3. The first-order chi connectivity index (χ1) is 16.6. The fraction of sp³-hybridized carbons (Fsp3) is 0.231. The highest BCUT2D eigenvalue weighted by atomic mass is 19.4. The summed E-state index contributed by atoms with van der Waals surface area (Å²) in [5, 5.41) is 2.81. The van der Waals surface area contributed by atoms with Crippen LogP contribution in [0.5, 0.6) is 5.75 Å². The van der Waals surface area contributed by atoms with Crippen molar-refractivity contribution in [3.05, 3.63) is 65.7 Å². The SMILES string of the molecule is C=C(C)CC(COc1c2[nH]c3ccc(F)cc3c2c(C(F)(F)F)c2c1[nH]c1ccc(F)cc12)NC. The van der Waals surface area contributed by atoms with E-state index in [0.717, 1.165) is 17.7 Å². The average Bonchev–Trinajstić information content (AvgIpc) is 3.32. The van der Waals surface area contributed by atoms with E-state index in [9.17, 15) is 22.0 Å². The van der Waals surface area contributed by atoms with Crippen molar-refractivity contribution in [3.8, 4) is 5.75 Å². The van der Waals surface area contributed by atoms with Crippen LogP contribution in [-0.2, 0) is 6.18 Å². The summed E-state index contributed by atoms with van der Waals surface area (Å²) in [4.78, 5) is 5.99. The van der Waals surface area contributed by atoms with Gasteiger partial charge in [0, 0.05) is 38.6 Å².